The lowest BCUT2D eigenvalue weighted by atomic mass is 10.5. The van der Waals surface area contributed by atoms with E-state index in [1.807, 2.05) is 0 Å². The van der Waals surface area contributed by atoms with Crippen molar-refractivity contribution in [3.8, 4) is 11.8 Å². The number of hydrogen-bond acceptors (Lipinski definition) is 5. The first-order valence-corrected chi connectivity index (χ1v) is 4.82. The third-order valence-corrected chi connectivity index (χ3v) is 2.15. The second-order valence-corrected chi connectivity index (χ2v) is 3.24. The van der Waals surface area contributed by atoms with Crippen LogP contribution in [0, 0.1) is 11.8 Å². The molecular formula is C9H9NO3S. The number of carbonyl (C=O) groups is 1. The molecule has 0 aliphatic carbocycles. The van der Waals surface area contributed by atoms with Crippen LogP contribution in [-0.4, -0.2) is 29.3 Å². The van der Waals surface area contributed by atoms with Crippen molar-refractivity contribution in [3.05, 3.63) is 16.1 Å². The van der Waals surface area contributed by atoms with Gasteiger partial charge in [-0.2, -0.15) is 0 Å². The Morgan fingerprint density at radius 2 is 2.57 bits per heavy atom. The molecule has 1 N–H and O–H groups in total. The second kappa shape index (κ2) is 5.37. The lowest BCUT2D eigenvalue weighted by Gasteiger charge is -1.95. The third-order valence-electron chi connectivity index (χ3n) is 1.26. The van der Waals surface area contributed by atoms with Crippen LogP contribution < -0.4 is 0 Å². The molecule has 5 heteroatoms. The van der Waals surface area contributed by atoms with Gasteiger partial charge in [-0.1, -0.05) is 17.3 Å². The SMILES string of the molecule is CCOC(=O)c1cnc(C#CCO)s1. The van der Waals surface area contributed by atoms with Crippen molar-refractivity contribution < 1.29 is 14.6 Å². The second-order valence-electron chi connectivity index (χ2n) is 2.21. The summed E-state index contributed by atoms with van der Waals surface area (Å²) < 4.78 is 4.78. The number of rotatable bonds is 2. The number of aliphatic hydroxyl groups excluding tert-OH is 1. The molecule has 0 radical (unpaired) electrons. The van der Waals surface area contributed by atoms with E-state index in [9.17, 15) is 4.79 Å². The Hall–Kier alpha value is -1.38. The van der Waals surface area contributed by atoms with Gasteiger partial charge in [0.1, 0.15) is 11.5 Å². The minimum absolute atomic E-state index is 0.214. The summed E-state index contributed by atoms with van der Waals surface area (Å²) in [6.45, 7) is 1.87. The van der Waals surface area contributed by atoms with Crippen molar-refractivity contribution in [1.82, 2.24) is 4.98 Å². The van der Waals surface area contributed by atoms with Crippen LogP contribution in [0.1, 0.15) is 21.6 Å². The van der Waals surface area contributed by atoms with E-state index in [0.717, 1.165) is 11.3 Å². The van der Waals surface area contributed by atoms with Gasteiger partial charge in [-0.25, -0.2) is 9.78 Å². The first-order valence-electron chi connectivity index (χ1n) is 4.00. The minimum Gasteiger partial charge on any atom is -0.462 e. The Labute approximate surface area is 85.5 Å². The molecule has 14 heavy (non-hydrogen) atoms. The largest absolute Gasteiger partial charge is 0.462 e. The molecule has 1 heterocycles. The summed E-state index contributed by atoms with van der Waals surface area (Å²) in [6, 6.07) is 0. The quantitative estimate of drug-likeness (QED) is 0.576. The van der Waals surface area contributed by atoms with Crippen LogP contribution >= 0.6 is 11.3 Å². The van der Waals surface area contributed by atoms with Crippen LogP contribution in [-0.2, 0) is 4.74 Å². The Bertz CT molecular complexity index is 375. The molecule has 1 aromatic heterocycles. The number of hydrogen-bond donors (Lipinski definition) is 1. The predicted octanol–water partition coefficient (Wildman–Crippen LogP) is 0.664. The van der Waals surface area contributed by atoms with Gasteiger partial charge in [-0.05, 0) is 12.8 Å². The van der Waals surface area contributed by atoms with Crippen molar-refractivity contribution in [1.29, 1.82) is 0 Å². The van der Waals surface area contributed by atoms with Gasteiger partial charge >= 0.3 is 5.97 Å². The van der Waals surface area contributed by atoms with E-state index in [2.05, 4.69) is 16.8 Å². The lowest BCUT2D eigenvalue weighted by Crippen LogP contribution is -2.01. The van der Waals surface area contributed by atoms with Gasteiger partial charge in [0.25, 0.3) is 0 Å². The molecule has 0 fully saturated rings. The molecule has 0 aromatic carbocycles. The van der Waals surface area contributed by atoms with E-state index < -0.39 is 0 Å². The fourth-order valence-corrected chi connectivity index (χ4v) is 1.43. The maximum Gasteiger partial charge on any atom is 0.349 e. The van der Waals surface area contributed by atoms with E-state index in [4.69, 9.17) is 9.84 Å². The van der Waals surface area contributed by atoms with Crippen LogP contribution in [0.3, 0.4) is 0 Å². The van der Waals surface area contributed by atoms with Crippen LogP contribution in [0.4, 0.5) is 0 Å². The molecule has 1 rings (SSSR count). The Kier molecular flexibility index (Phi) is 4.11. The van der Waals surface area contributed by atoms with Crippen molar-refractivity contribution in [2.75, 3.05) is 13.2 Å². The van der Waals surface area contributed by atoms with Gasteiger partial charge in [0.05, 0.1) is 12.8 Å². The van der Waals surface area contributed by atoms with Crippen LogP contribution in [0.15, 0.2) is 6.20 Å². The first kappa shape index (κ1) is 10.7. The van der Waals surface area contributed by atoms with Crippen LogP contribution in [0.25, 0.3) is 0 Å². The molecule has 0 aliphatic heterocycles. The summed E-state index contributed by atoms with van der Waals surface area (Å²) in [6.07, 6.45) is 1.42. The number of thiazole rings is 1. The van der Waals surface area contributed by atoms with Gasteiger partial charge < -0.3 is 9.84 Å². The van der Waals surface area contributed by atoms with Gasteiger partial charge in [-0.3, -0.25) is 0 Å². The fraction of sp³-hybridized carbons (Fsp3) is 0.333. The molecule has 0 bridgehead atoms. The summed E-state index contributed by atoms with van der Waals surface area (Å²) in [5.74, 6) is 4.67. The summed E-state index contributed by atoms with van der Waals surface area (Å²) in [5, 5.41) is 8.94. The highest BCUT2D eigenvalue weighted by Gasteiger charge is 2.09. The maximum atomic E-state index is 11.2. The Balaban J connectivity index is 2.72. The molecule has 0 saturated heterocycles. The predicted molar refractivity (Wildman–Crippen MR) is 52.0 cm³/mol. The molecule has 0 saturated carbocycles. The monoisotopic (exact) mass is 211 g/mol. The van der Waals surface area contributed by atoms with Gasteiger partial charge in [0, 0.05) is 0 Å². The number of ether oxygens (including phenoxy) is 1. The normalized spacial score (nSPS) is 9.00. The average molecular weight is 211 g/mol. The molecule has 74 valence electrons. The fourth-order valence-electron chi connectivity index (χ4n) is 0.744. The van der Waals surface area contributed by atoms with Gasteiger partial charge in [-0.15, -0.1) is 0 Å². The zero-order valence-corrected chi connectivity index (χ0v) is 8.43. The summed E-state index contributed by atoms with van der Waals surface area (Å²) in [4.78, 5) is 15.5. The van der Waals surface area contributed by atoms with E-state index in [1.54, 1.807) is 6.92 Å². The molecule has 1 aromatic rings. The van der Waals surface area contributed by atoms with Crippen molar-refractivity contribution in [3.63, 3.8) is 0 Å². The molecule has 0 amide bonds. The van der Waals surface area contributed by atoms with Crippen LogP contribution in [0.5, 0.6) is 0 Å². The number of aliphatic hydroxyl groups is 1. The number of esters is 1. The standard InChI is InChI=1S/C9H9NO3S/c1-2-13-9(12)7-6-10-8(14-7)4-3-5-11/h6,11H,2,5H2,1H3. The lowest BCUT2D eigenvalue weighted by molar-refractivity contribution is 0.0532. The van der Waals surface area contributed by atoms with Crippen LogP contribution in [0.2, 0.25) is 0 Å². The van der Waals surface area contributed by atoms with E-state index in [1.165, 1.54) is 6.20 Å². The third kappa shape index (κ3) is 2.83. The van der Waals surface area contributed by atoms with E-state index in [-0.39, 0.29) is 12.6 Å². The molecule has 0 spiro atoms. The molecule has 0 aliphatic rings. The zero-order valence-electron chi connectivity index (χ0n) is 7.61. The highest BCUT2D eigenvalue weighted by molar-refractivity contribution is 7.14. The molecule has 0 unspecified atom stereocenters. The van der Waals surface area contributed by atoms with E-state index in [0.29, 0.717) is 16.5 Å². The summed E-state index contributed by atoms with van der Waals surface area (Å²) in [5.41, 5.74) is 0. The number of aromatic nitrogens is 1. The molecule has 4 nitrogen and oxygen atoms in total. The van der Waals surface area contributed by atoms with Gasteiger partial charge in [0.2, 0.25) is 0 Å². The summed E-state index contributed by atoms with van der Waals surface area (Å²) in [7, 11) is 0. The van der Waals surface area contributed by atoms with Crippen molar-refractivity contribution in [2.24, 2.45) is 0 Å². The smallest absolute Gasteiger partial charge is 0.349 e. The Morgan fingerprint density at radius 1 is 1.79 bits per heavy atom. The Morgan fingerprint density at radius 3 is 3.21 bits per heavy atom. The summed E-state index contributed by atoms with van der Waals surface area (Å²) >= 11 is 1.15. The zero-order chi connectivity index (χ0) is 10.4. The van der Waals surface area contributed by atoms with Crippen molar-refractivity contribution >= 4 is 17.3 Å². The highest BCUT2D eigenvalue weighted by Crippen LogP contribution is 2.12. The maximum absolute atomic E-state index is 11.2. The highest BCUT2D eigenvalue weighted by atomic mass is 32.1. The van der Waals surface area contributed by atoms with E-state index >= 15 is 0 Å². The molecular weight excluding hydrogens is 202 g/mol. The number of carbonyl (C=O) groups excluding carboxylic acids is 1. The first-order chi connectivity index (χ1) is 6.77. The van der Waals surface area contributed by atoms with Gasteiger partial charge in [0.15, 0.2) is 5.01 Å². The molecule has 0 atom stereocenters. The van der Waals surface area contributed by atoms with Crippen molar-refractivity contribution in [2.45, 2.75) is 6.92 Å². The minimum atomic E-state index is -0.387. The topological polar surface area (TPSA) is 59.4 Å². The average Bonchev–Trinajstić information content (AvgIpc) is 2.63. The number of nitrogens with zero attached hydrogens (tertiary/aromatic N) is 1.